The third kappa shape index (κ3) is 6.12. The number of carbonyl (C=O) groups is 1. The first-order valence-electron chi connectivity index (χ1n) is 13.6. The van der Waals surface area contributed by atoms with Gasteiger partial charge in [-0.25, -0.2) is 0 Å². The van der Waals surface area contributed by atoms with E-state index in [1.54, 1.807) is 0 Å². The van der Waals surface area contributed by atoms with Crippen LogP contribution in [-0.2, 0) is 4.74 Å². The number of hydrogen-bond donors (Lipinski definition) is 3. The van der Waals surface area contributed by atoms with Gasteiger partial charge in [0.1, 0.15) is 0 Å². The summed E-state index contributed by atoms with van der Waals surface area (Å²) in [5, 5.41) is 8.48. The Labute approximate surface area is 234 Å². The number of dihydropyridines is 1. The average Bonchev–Trinajstić information content (AvgIpc) is 3.31. The number of allylic oxidation sites excluding steroid dienone is 2. The summed E-state index contributed by atoms with van der Waals surface area (Å²) in [7, 11) is 0. The Kier molecular flexibility index (Phi) is 8.78. The molecule has 200 valence electrons. The molecule has 2 aliphatic heterocycles. The number of halogens is 2. The van der Waals surface area contributed by atoms with Gasteiger partial charge in [0.15, 0.2) is 0 Å². The Hall–Kier alpha value is -2.73. The molecule has 5 nitrogen and oxygen atoms in total. The Morgan fingerprint density at radius 3 is 2.68 bits per heavy atom. The van der Waals surface area contributed by atoms with Crippen LogP contribution < -0.4 is 10.6 Å². The molecule has 1 atom stereocenters. The summed E-state index contributed by atoms with van der Waals surface area (Å²) in [6.07, 6.45) is 13.0. The number of nitrogens with one attached hydrogen (secondary N) is 3. The number of amides is 1. The first-order valence-corrected chi connectivity index (χ1v) is 14.4. The predicted octanol–water partition coefficient (Wildman–Crippen LogP) is 7.75. The van der Waals surface area contributed by atoms with Crippen molar-refractivity contribution < 1.29 is 9.53 Å². The van der Waals surface area contributed by atoms with Crippen molar-refractivity contribution in [1.82, 2.24) is 15.6 Å². The smallest absolute Gasteiger partial charge is 0.251 e. The van der Waals surface area contributed by atoms with Crippen molar-refractivity contribution in [3.8, 4) is 11.1 Å². The van der Waals surface area contributed by atoms with Crippen LogP contribution in [0.2, 0.25) is 10.0 Å². The van der Waals surface area contributed by atoms with Gasteiger partial charge >= 0.3 is 0 Å². The molecule has 3 aromatic rings. The van der Waals surface area contributed by atoms with Crippen molar-refractivity contribution >= 4 is 45.6 Å². The number of carbonyl (C=O) groups excluding carboxylic acids is 1. The summed E-state index contributed by atoms with van der Waals surface area (Å²) in [4.78, 5) is 16.7. The van der Waals surface area contributed by atoms with Gasteiger partial charge in [0.2, 0.25) is 0 Å². The molecule has 7 heteroatoms. The lowest BCUT2D eigenvalue weighted by molar-refractivity contribution is 0.0631. The molecule has 1 aromatic heterocycles. The van der Waals surface area contributed by atoms with Gasteiger partial charge in [-0.1, -0.05) is 54.6 Å². The first-order chi connectivity index (χ1) is 18.5. The van der Waals surface area contributed by atoms with E-state index in [4.69, 9.17) is 27.9 Å². The lowest BCUT2D eigenvalue weighted by Gasteiger charge is -2.21. The van der Waals surface area contributed by atoms with Gasteiger partial charge in [0.05, 0.1) is 21.8 Å². The number of hydrogen-bond acceptors (Lipinski definition) is 3. The molecule has 1 unspecified atom stereocenters. The van der Waals surface area contributed by atoms with Crippen molar-refractivity contribution in [3.63, 3.8) is 0 Å². The van der Waals surface area contributed by atoms with Gasteiger partial charge in [0.25, 0.3) is 5.91 Å². The van der Waals surface area contributed by atoms with Crippen LogP contribution in [0.3, 0.4) is 0 Å². The number of aromatic amines is 1. The SMILES string of the molecule is CC1NC=CC=C1c1[nH]c2ccc(C(=O)NCCCCCC3CCOCC3)cc2c1-c1ccc(Cl)c(Cl)c1. The molecular formula is C31H35Cl2N3O2. The normalized spacial score (nSPS) is 17.9. The molecule has 0 aliphatic carbocycles. The molecule has 0 spiro atoms. The van der Waals surface area contributed by atoms with Crippen molar-refractivity contribution in [2.45, 2.75) is 51.5 Å². The van der Waals surface area contributed by atoms with Crippen molar-refractivity contribution in [2.75, 3.05) is 19.8 Å². The minimum absolute atomic E-state index is 0.0472. The molecule has 2 aliphatic rings. The molecule has 0 saturated carbocycles. The van der Waals surface area contributed by atoms with Crippen molar-refractivity contribution in [1.29, 1.82) is 0 Å². The maximum absolute atomic E-state index is 13.1. The van der Waals surface area contributed by atoms with E-state index in [0.29, 0.717) is 22.2 Å². The number of fused-ring (bicyclic) bond motifs is 1. The van der Waals surface area contributed by atoms with Crippen LogP contribution in [0.1, 0.15) is 61.5 Å². The zero-order valence-corrected chi connectivity index (χ0v) is 23.3. The predicted molar refractivity (Wildman–Crippen MR) is 158 cm³/mol. The highest BCUT2D eigenvalue weighted by atomic mass is 35.5. The molecule has 1 amide bonds. The maximum atomic E-state index is 13.1. The summed E-state index contributed by atoms with van der Waals surface area (Å²) in [5.41, 5.74) is 5.71. The standard InChI is InChI=1S/C31H35Cl2N3O2/c1-20-24(7-5-15-34-20)30-29(22-8-10-26(32)27(33)19-22)25-18-23(9-11-28(25)36-30)31(37)35-14-4-2-3-6-21-12-16-38-17-13-21/h5,7-11,15,18-21,34,36H,2-4,6,12-14,16-17H2,1H3,(H,35,37). The third-order valence-electron chi connectivity index (χ3n) is 7.66. The van der Waals surface area contributed by atoms with Crippen LogP contribution in [0, 0.1) is 5.92 Å². The fraction of sp³-hybridized carbons (Fsp3) is 0.387. The Morgan fingerprint density at radius 1 is 1.05 bits per heavy atom. The van der Waals surface area contributed by atoms with Crippen LogP contribution in [-0.4, -0.2) is 36.7 Å². The lowest BCUT2D eigenvalue weighted by Crippen LogP contribution is -2.24. The Morgan fingerprint density at radius 2 is 1.89 bits per heavy atom. The molecule has 5 rings (SSSR count). The minimum Gasteiger partial charge on any atom is -0.384 e. The second-order valence-corrected chi connectivity index (χ2v) is 11.1. The Balaban J connectivity index is 1.33. The quantitative estimate of drug-likeness (QED) is 0.238. The van der Waals surface area contributed by atoms with Crippen LogP contribution in [0.15, 0.2) is 54.8 Å². The topological polar surface area (TPSA) is 66.2 Å². The lowest BCUT2D eigenvalue weighted by atomic mass is 9.94. The number of rotatable bonds is 9. The van der Waals surface area contributed by atoms with E-state index in [2.05, 4.69) is 28.6 Å². The third-order valence-corrected chi connectivity index (χ3v) is 8.40. The van der Waals surface area contributed by atoms with Crippen LogP contribution >= 0.6 is 23.2 Å². The second-order valence-electron chi connectivity index (χ2n) is 10.3. The second kappa shape index (κ2) is 12.4. The summed E-state index contributed by atoms with van der Waals surface area (Å²) >= 11 is 12.6. The summed E-state index contributed by atoms with van der Waals surface area (Å²) in [6.45, 7) is 4.63. The van der Waals surface area contributed by atoms with Gasteiger partial charge in [-0.2, -0.15) is 0 Å². The number of benzene rings is 2. The monoisotopic (exact) mass is 551 g/mol. The fourth-order valence-corrected chi connectivity index (χ4v) is 5.76. The molecule has 2 aromatic carbocycles. The fourth-order valence-electron chi connectivity index (χ4n) is 5.46. The van der Waals surface area contributed by atoms with E-state index >= 15 is 0 Å². The van der Waals surface area contributed by atoms with E-state index in [1.165, 1.54) is 25.7 Å². The zero-order chi connectivity index (χ0) is 26.5. The highest BCUT2D eigenvalue weighted by molar-refractivity contribution is 6.42. The number of H-pyrrole nitrogens is 1. The molecule has 0 bridgehead atoms. The first kappa shape index (κ1) is 26.9. The molecule has 38 heavy (non-hydrogen) atoms. The van der Waals surface area contributed by atoms with Gasteiger partial charge in [0, 0.05) is 41.8 Å². The van der Waals surface area contributed by atoms with E-state index in [9.17, 15) is 4.79 Å². The molecule has 3 N–H and O–H groups in total. The van der Waals surface area contributed by atoms with E-state index in [0.717, 1.165) is 65.3 Å². The number of aromatic nitrogens is 1. The van der Waals surface area contributed by atoms with Crippen LogP contribution in [0.5, 0.6) is 0 Å². The molecule has 0 radical (unpaired) electrons. The molecule has 3 heterocycles. The van der Waals surface area contributed by atoms with Gasteiger partial charge in [-0.3, -0.25) is 4.79 Å². The highest BCUT2D eigenvalue weighted by Gasteiger charge is 2.22. The van der Waals surface area contributed by atoms with E-state index in [1.807, 2.05) is 48.7 Å². The van der Waals surface area contributed by atoms with Gasteiger partial charge in [-0.05, 0) is 85.8 Å². The summed E-state index contributed by atoms with van der Waals surface area (Å²) < 4.78 is 5.45. The van der Waals surface area contributed by atoms with Crippen molar-refractivity contribution in [3.05, 3.63) is 76.1 Å². The summed E-state index contributed by atoms with van der Waals surface area (Å²) in [5.74, 6) is 0.759. The highest BCUT2D eigenvalue weighted by Crippen LogP contribution is 2.40. The number of unbranched alkanes of at least 4 members (excludes halogenated alkanes) is 2. The maximum Gasteiger partial charge on any atom is 0.251 e. The van der Waals surface area contributed by atoms with Crippen LogP contribution in [0.4, 0.5) is 0 Å². The van der Waals surface area contributed by atoms with Gasteiger partial charge < -0.3 is 20.4 Å². The number of ether oxygens (including phenoxy) is 1. The summed E-state index contributed by atoms with van der Waals surface area (Å²) in [6, 6.07) is 11.7. The molecule has 1 saturated heterocycles. The van der Waals surface area contributed by atoms with E-state index < -0.39 is 0 Å². The molecular weight excluding hydrogens is 517 g/mol. The average molecular weight is 553 g/mol. The van der Waals surface area contributed by atoms with Gasteiger partial charge in [-0.15, -0.1) is 0 Å². The zero-order valence-electron chi connectivity index (χ0n) is 21.8. The van der Waals surface area contributed by atoms with E-state index in [-0.39, 0.29) is 11.9 Å². The Bertz CT molecular complexity index is 1350. The largest absolute Gasteiger partial charge is 0.384 e. The minimum atomic E-state index is -0.0472. The van der Waals surface area contributed by atoms with Crippen LogP contribution in [0.25, 0.3) is 27.6 Å². The van der Waals surface area contributed by atoms with Crippen molar-refractivity contribution in [2.24, 2.45) is 5.92 Å². The molecule has 1 fully saturated rings.